The number of anilines is 1. The summed E-state index contributed by atoms with van der Waals surface area (Å²) in [6.07, 6.45) is 1.32. The minimum Gasteiger partial charge on any atom is -0.495 e. The summed E-state index contributed by atoms with van der Waals surface area (Å²) in [5.41, 5.74) is 1.02. The second kappa shape index (κ2) is 9.91. The molecule has 1 heterocycles. The molecule has 1 aliphatic heterocycles. The largest absolute Gasteiger partial charge is 0.495 e. The predicted molar refractivity (Wildman–Crippen MR) is 105 cm³/mol. The van der Waals surface area contributed by atoms with Gasteiger partial charge in [0.1, 0.15) is 5.75 Å². The van der Waals surface area contributed by atoms with Crippen molar-refractivity contribution in [1.82, 2.24) is 9.21 Å². The first kappa shape index (κ1) is 21.5. The highest BCUT2D eigenvalue weighted by atomic mass is 32.2. The summed E-state index contributed by atoms with van der Waals surface area (Å²) in [6.45, 7) is 3.37. The van der Waals surface area contributed by atoms with Gasteiger partial charge in [-0.1, -0.05) is 12.1 Å². The van der Waals surface area contributed by atoms with Gasteiger partial charge in [-0.2, -0.15) is 4.31 Å². The lowest BCUT2D eigenvalue weighted by molar-refractivity contribution is -0.131. The summed E-state index contributed by atoms with van der Waals surface area (Å²) in [6, 6.07) is 7.83. The number of para-hydroxylation sites is 2. The molecule has 1 amide bonds. The summed E-state index contributed by atoms with van der Waals surface area (Å²) in [5.74, 6) is 0.792. The Labute approximate surface area is 161 Å². The molecule has 1 fully saturated rings. The number of hydrogen-bond acceptors (Lipinski definition) is 6. The van der Waals surface area contributed by atoms with Crippen molar-refractivity contribution in [2.75, 3.05) is 71.3 Å². The zero-order chi connectivity index (χ0) is 19.9. The van der Waals surface area contributed by atoms with Crippen LogP contribution in [-0.4, -0.2) is 89.9 Å². The van der Waals surface area contributed by atoms with Crippen LogP contribution in [0.3, 0.4) is 0 Å². The number of rotatable bonds is 9. The van der Waals surface area contributed by atoms with E-state index in [2.05, 4.69) is 4.90 Å². The topological polar surface area (TPSA) is 79.4 Å². The number of nitrogens with zero attached hydrogens (tertiary/aromatic N) is 3. The maximum Gasteiger partial charge on any atom is 0.224 e. The highest BCUT2D eigenvalue weighted by molar-refractivity contribution is 7.88. The summed E-state index contributed by atoms with van der Waals surface area (Å²) in [4.78, 5) is 16.5. The molecule has 1 aromatic carbocycles. The second-order valence-corrected chi connectivity index (χ2v) is 8.43. The van der Waals surface area contributed by atoms with Crippen molar-refractivity contribution in [2.45, 2.75) is 6.42 Å². The first-order valence-corrected chi connectivity index (χ1v) is 10.8. The Morgan fingerprint density at radius 1 is 1.11 bits per heavy atom. The Morgan fingerprint density at radius 2 is 1.78 bits per heavy atom. The van der Waals surface area contributed by atoms with Gasteiger partial charge in [0.25, 0.3) is 0 Å². The number of hydrogen-bond donors (Lipinski definition) is 0. The molecule has 2 rings (SSSR count). The Morgan fingerprint density at radius 3 is 2.37 bits per heavy atom. The van der Waals surface area contributed by atoms with E-state index in [1.807, 2.05) is 24.3 Å². The number of carbonyl (C=O) groups excluding carboxylic acids is 1. The predicted octanol–water partition coefficient (Wildman–Crippen LogP) is 0.642. The van der Waals surface area contributed by atoms with Crippen molar-refractivity contribution < 1.29 is 22.7 Å². The van der Waals surface area contributed by atoms with Gasteiger partial charge in [-0.3, -0.25) is 4.79 Å². The van der Waals surface area contributed by atoms with Gasteiger partial charge in [-0.05, 0) is 12.1 Å². The van der Waals surface area contributed by atoms with Crippen molar-refractivity contribution in [3.63, 3.8) is 0 Å². The number of carbonyl (C=O) groups is 1. The SMILES string of the molecule is COCCN(CCC(=O)N1CCN(c2ccccc2OC)CC1)S(C)(=O)=O. The second-order valence-electron chi connectivity index (χ2n) is 6.44. The van der Waals surface area contributed by atoms with E-state index in [1.54, 1.807) is 12.0 Å². The number of amides is 1. The third-order valence-corrected chi connectivity index (χ3v) is 5.95. The number of sulfonamides is 1. The Kier molecular flexibility index (Phi) is 7.88. The van der Waals surface area contributed by atoms with E-state index in [4.69, 9.17) is 9.47 Å². The van der Waals surface area contributed by atoms with E-state index in [0.29, 0.717) is 32.8 Å². The number of piperazine rings is 1. The lowest BCUT2D eigenvalue weighted by Gasteiger charge is -2.37. The normalized spacial score (nSPS) is 15.3. The number of benzene rings is 1. The van der Waals surface area contributed by atoms with E-state index >= 15 is 0 Å². The standard InChI is InChI=1S/C18H29N3O5S/c1-25-15-14-21(27(3,23)24)9-8-18(22)20-12-10-19(11-13-20)16-6-4-5-7-17(16)26-2/h4-7H,8-15H2,1-3H3. The van der Waals surface area contributed by atoms with E-state index in [9.17, 15) is 13.2 Å². The van der Waals surface area contributed by atoms with Gasteiger partial charge >= 0.3 is 0 Å². The zero-order valence-electron chi connectivity index (χ0n) is 16.3. The van der Waals surface area contributed by atoms with Crippen molar-refractivity contribution in [2.24, 2.45) is 0 Å². The molecule has 9 heteroatoms. The average Bonchev–Trinajstić information content (AvgIpc) is 2.67. The van der Waals surface area contributed by atoms with Gasteiger partial charge in [-0.15, -0.1) is 0 Å². The van der Waals surface area contributed by atoms with Crippen LogP contribution in [0.25, 0.3) is 0 Å². The molecule has 0 saturated carbocycles. The maximum atomic E-state index is 12.5. The van der Waals surface area contributed by atoms with Crippen LogP contribution in [0.5, 0.6) is 5.75 Å². The van der Waals surface area contributed by atoms with Crippen LogP contribution in [-0.2, 0) is 19.6 Å². The molecule has 1 saturated heterocycles. The first-order valence-electron chi connectivity index (χ1n) is 8.96. The average molecular weight is 400 g/mol. The van der Waals surface area contributed by atoms with E-state index in [-0.39, 0.29) is 25.4 Å². The van der Waals surface area contributed by atoms with Gasteiger partial charge in [0.05, 0.1) is 25.7 Å². The fourth-order valence-corrected chi connectivity index (χ4v) is 3.93. The van der Waals surface area contributed by atoms with Gasteiger partial charge in [0, 0.05) is 52.8 Å². The van der Waals surface area contributed by atoms with Crippen LogP contribution >= 0.6 is 0 Å². The lowest BCUT2D eigenvalue weighted by atomic mass is 10.2. The summed E-state index contributed by atoms with van der Waals surface area (Å²) < 4.78 is 35.3. The zero-order valence-corrected chi connectivity index (χ0v) is 17.1. The molecular formula is C18H29N3O5S. The maximum absolute atomic E-state index is 12.5. The molecule has 27 heavy (non-hydrogen) atoms. The van der Waals surface area contributed by atoms with Crippen molar-refractivity contribution >= 4 is 21.6 Å². The Hall–Kier alpha value is -1.84. The monoisotopic (exact) mass is 399 g/mol. The molecule has 0 atom stereocenters. The molecule has 1 aliphatic rings. The van der Waals surface area contributed by atoms with Crippen molar-refractivity contribution in [3.8, 4) is 5.75 Å². The fraction of sp³-hybridized carbons (Fsp3) is 0.611. The molecule has 0 N–H and O–H groups in total. The molecular weight excluding hydrogens is 370 g/mol. The molecule has 0 aromatic heterocycles. The van der Waals surface area contributed by atoms with Gasteiger partial charge in [0.15, 0.2) is 0 Å². The fourth-order valence-electron chi connectivity index (χ4n) is 3.10. The van der Waals surface area contributed by atoms with Crippen molar-refractivity contribution in [3.05, 3.63) is 24.3 Å². The van der Waals surface area contributed by atoms with E-state index in [0.717, 1.165) is 17.7 Å². The van der Waals surface area contributed by atoms with Crippen LogP contribution in [0.15, 0.2) is 24.3 Å². The number of ether oxygens (including phenoxy) is 2. The van der Waals surface area contributed by atoms with Crippen LogP contribution < -0.4 is 9.64 Å². The molecule has 8 nitrogen and oxygen atoms in total. The number of methoxy groups -OCH3 is 2. The van der Waals surface area contributed by atoms with Crippen LogP contribution in [0.1, 0.15) is 6.42 Å². The van der Waals surface area contributed by atoms with Crippen LogP contribution in [0.4, 0.5) is 5.69 Å². The minimum absolute atomic E-state index is 0.0271. The van der Waals surface area contributed by atoms with Gasteiger partial charge < -0.3 is 19.3 Å². The van der Waals surface area contributed by atoms with Crippen molar-refractivity contribution in [1.29, 1.82) is 0 Å². The minimum atomic E-state index is -3.36. The Bertz CT molecular complexity index is 717. The smallest absolute Gasteiger partial charge is 0.224 e. The lowest BCUT2D eigenvalue weighted by Crippen LogP contribution is -2.49. The van der Waals surface area contributed by atoms with Gasteiger partial charge in [-0.25, -0.2) is 8.42 Å². The molecule has 1 aromatic rings. The van der Waals surface area contributed by atoms with Gasteiger partial charge in [0.2, 0.25) is 15.9 Å². The third kappa shape index (κ3) is 6.08. The quantitative estimate of drug-likeness (QED) is 0.606. The summed E-state index contributed by atoms with van der Waals surface area (Å²) in [5, 5.41) is 0. The summed E-state index contributed by atoms with van der Waals surface area (Å²) >= 11 is 0. The highest BCUT2D eigenvalue weighted by Gasteiger charge is 2.24. The highest BCUT2D eigenvalue weighted by Crippen LogP contribution is 2.28. The van der Waals surface area contributed by atoms with Crippen LogP contribution in [0, 0.1) is 0 Å². The third-order valence-electron chi connectivity index (χ3n) is 4.65. The summed E-state index contributed by atoms with van der Waals surface area (Å²) in [7, 11) is -0.186. The Balaban J connectivity index is 1.87. The molecule has 152 valence electrons. The van der Waals surface area contributed by atoms with E-state index < -0.39 is 10.0 Å². The molecule has 0 bridgehead atoms. The molecule has 0 aliphatic carbocycles. The first-order chi connectivity index (χ1) is 12.9. The molecule has 0 unspecified atom stereocenters. The van der Waals surface area contributed by atoms with E-state index in [1.165, 1.54) is 11.4 Å². The molecule has 0 radical (unpaired) electrons. The van der Waals surface area contributed by atoms with Crippen LogP contribution in [0.2, 0.25) is 0 Å². The molecule has 0 spiro atoms.